The molecule has 0 amide bonds. The van der Waals surface area contributed by atoms with Crippen molar-refractivity contribution in [2.45, 2.75) is 52.1 Å². The molecule has 1 fully saturated rings. The van der Waals surface area contributed by atoms with Crippen molar-refractivity contribution in [3.63, 3.8) is 0 Å². The Morgan fingerprint density at radius 3 is 2.75 bits per heavy atom. The molecule has 0 bridgehead atoms. The van der Waals surface area contributed by atoms with Crippen molar-refractivity contribution in [1.82, 2.24) is 5.32 Å². The van der Waals surface area contributed by atoms with Crippen molar-refractivity contribution in [3.05, 3.63) is 47.5 Å². The molecule has 2 aliphatic carbocycles. The van der Waals surface area contributed by atoms with Gasteiger partial charge < -0.3 is 5.32 Å². The molecule has 3 rings (SSSR count). The van der Waals surface area contributed by atoms with Gasteiger partial charge in [0.05, 0.1) is 0 Å². The monoisotopic (exact) mass is 269 g/mol. The average Bonchev–Trinajstić information content (AvgIpc) is 2.45. The lowest BCUT2D eigenvalue weighted by Crippen LogP contribution is -2.45. The Labute approximate surface area is 123 Å². The summed E-state index contributed by atoms with van der Waals surface area (Å²) in [6, 6.07) is 11.5. The highest BCUT2D eigenvalue weighted by Crippen LogP contribution is 2.42. The van der Waals surface area contributed by atoms with Crippen LogP contribution in [0.4, 0.5) is 0 Å². The molecule has 20 heavy (non-hydrogen) atoms. The highest BCUT2D eigenvalue weighted by molar-refractivity contribution is 5.15. The van der Waals surface area contributed by atoms with Gasteiger partial charge in [0.25, 0.3) is 0 Å². The number of rotatable bonds is 3. The summed E-state index contributed by atoms with van der Waals surface area (Å²) in [7, 11) is 0. The van der Waals surface area contributed by atoms with E-state index in [-0.39, 0.29) is 0 Å². The van der Waals surface area contributed by atoms with Gasteiger partial charge in [-0.05, 0) is 55.9 Å². The Morgan fingerprint density at radius 1 is 1.15 bits per heavy atom. The first-order chi connectivity index (χ1) is 9.72. The third-order valence-corrected chi connectivity index (χ3v) is 5.22. The summed E-state index contributed by atoms with van der Waals surface area (Å²) in [5, 5.41) is 3.85. The molecule has 2 aliphatic rings. The smallest absolute Gasteiger partial charge is 0.0208 e. The molecule has 1 heteroatoms. The SMILES string of the molecule is CC1=CC[C@@H]2[C@H](C1)C[C@@H](C)C[C@@H]2NCc1ccccc1. The standard InChI is InChI=1S/C19H27N/c1-14-8-9-18-17(10-14)11-15(2)12-19(18)20-13-16-6-4-3-5-7-16/h3-8,15,17-20H,9-13H2,1-2H3/t15-,17-,18-,19+/m1/s1. The average molecular weight is 269 g/mol. The molecular formula is C19H27N. The molecule has 1 N–H and O–H groups in total. The van der Waals surface area contributed by atoms with Crippen LogP contribution in [0.15, 0.2) is 42.0 Å². The molecular weight excluding hydrogens is 242 g/mol. The normalized spacial score (nSPS) is 33.4. The van der Waals surface area contributed by atoms with Crippen LogP contribution < -0.4 is 5.32 Å². The molecule has 0 aromatic heterocycles. The summed E-state index contributed by atoms with van der Waals surface area (Å²) in [6.07, 6.45) is 7.88. The molecule has 0 saturated heterocycles. The zero-order valence-corrected chi connectivity index (χ0v) is 12.8. The topological polar surface area (TPSA) is 12.0 Å². The maximum atomic E-state index is 3.85. The molecule has 0 spiro atoms. The number of fused-ring (bicyclic) bond motifs is 1. The second-order valence-corrected chi connectivity index (χ2v) is 6.96. The van der Waals surface area contributed by atoms with Crippen molar-refractivity contribution in [3.8, 4) is 0 Å². The molecule has 1 aromatic carbocycles. The quantitative estimate of drug-likeness (QED) is 0.794. The number of nitrogens with one attached hydrogen (secondary N) is 1. The Kier molecular flexibility index (Phi) is 4.26. The third kappa shape index (κ3) is 3.15. The molecule has 0 aliphatic heterocycles. The van der Waals surface area contributed by atoms with Crippen molar-refractivity contribution in [2.24, 2.45) is 17.8 Å². The third-order valence-electron chi connectivity index (χ3n) is 5.22. The van der Waals surface area contributed by atoms with Gasteiger partial charge in [0, 0.05) is 12.6 Å². The lowest BCUT2D eigenvalue weighted by Gasteiger charge is -2.43. The molecule has 1 nitrogen and oxygen atoms in total. The first-order valence-corrected chi connectivity index (χ1v) is 8.15. The second-order valence-electron chi connectivity index (χ2n) is 6.96. The van der Waals surface area contributed by atoms with Gasteiger partial charge in [0.1, 0.15) is 0 Å². The lowest BCUT2D eigenvalue weighted by atomic mass is 9.66. The summed E-state index contributed by atoms with van der Waals surface area (Å²) in [5.41, 5.74) is 3.02. The minimum atomic E-state index is 0.702. The van der Waals surface area contributed by atoms with Crippen molar-refractivity contribution < 1.29 is 0 Å². The van der Waals surface area contributed by atoms with Gasteiger partial charge in [-0.15, -0.1) is 0 Å². The molecule has 0 radical (unpaired) electrons. The lowest BCUT2D eigenvalue weighted by molar-refractivity contribution is 0.129. The Hall–Kier alpha value is -1.08. The molecule has 108 valence electrons. The fourth-order valence-corrected chi connectivity index (χ4v) is 4.23. The highest BCUT2D eigenvalue weighted by atomic mass is 14.9. The van der Waals surface area contributed by atoms with Crippen molar-refractivity contribution in [1.29, 1.82) is 0 Å². The summed E-state index contributed by atoms with van der Waals surface area (Å²) in [5.74, 6) is 2.64. The summed E-state index contributed by atoms with van der Waals surface area (Å²) < 4.78 is 0. The van der Waals surface area contributed by atoms with Gasteiger partial charge >= 0.3 is 0 Å². The first kappa shape index (κ1) is 13.9. The second kappa shape index (κ2) is 6.13. The summed E-state index contributed by atoms with van der Waals surface area (Å²) in [6.45, 7) is 5.76. The van der Waals surface area contributed by atoms with Crippen LogP contribution in [0.1, 0.15) is 45.1 Å². The highest BCUT2D eigenvalue weighted by Gasteiger charge is 2.36. The van der Waals surface area contributed by atoms with E-state index in [2.05, 4.69) is 55.6 Å². The summed E-state index contributed by atoms with van der Waals surface area (Å²) >= 11 is 0. The van der Waals surface area contributed by atoms with Crippen LogP contribution >= 0.6 is 0 Å². The predicted molar refractivity (Wildman–Crippen MR) is 85.4 cm³/mol. The van der Waals surface area contributed by atoms with Crippen LogP contribution in [0.5, 0.6) is 0 Å². The van der Waals surface area contributed by atoms with E-state index in [1.54, 1.807) is 5.57 Å². The van der Waals surface area contributed by atoms with E-state index in [1.165, 1.54) is 31.2 Å². The maximum Gasteiger partial charge on any atom is 0.0208 e. The van der Waals surface area contributed by atoms with E-state index >= 15 is 0 Å². The van der Waals surface area contributed by atoms with Gasteiger partial charge in [-0.3, -0.25) is 0 Å². The van der Waals surface area contributed by atoms with Crippen LogP contribution in [0.3, 0.4) is 0 Å². The molecule has 0 unspecified atom stereocenters. The van der Waals surface area contributed by atoms with Gasteiger partial charge in [-0.2, -0.15) is 0 Å². The number of hydrogen-bond acceptors (Lipinski definition) is 1. The minimum Gasteiger partial charge on any atom is -0.310 e. The number of hydrogen-bond donors (Lipinski definition) is 1. The van der Waals surface area contributed by atoms with E-state index in [0.717, 1.165) is 24.3 Å². The van der Waals surface area contributed by atoms with E-state index < -0.39 is 0 Å². The minimum absolute atomic E-state index is 0.702. The zero-order valence-electron chi connectivity index (χ0n) is 12.8. The maximum absolute atomic E-state index is 3.85. The van der Waals surface area contributed by atoms with Crippen molar-refractivity contribution in [2.75, 3.05) is 0 Å². The summed E-state index contributed by atoms with van der Waals surface area (Å²) in [4.78, 5) is 0. The molecule has 1 saturated carbocycles. The van der Waals surface area contributed by atoms with Gasteiger partial charge in [0.2, 0.25) is 0 Å². The zero-order chi connectivity index (χ0) is 13.9. The van der Waals surface area contributed by atoms with Crippen LogP contribution in [0.25, 0.3) is 0 Å². The Morgan fingerprint density at radius 2 is 1.95 bits per heavy atom. The van der Waals surface area contributed by atoms with E-state index in [4.69, 9.17) is 0 Å². The molecule has 4 atom stereocenters. The van der Waals surface area contributed by atoms with Crippen LogP contribution in [0, 0.1) is 17.8 Å². The van der Waals surface area contributed by atoms with Crippen molar-refractivity contribution >= 4 is 0 Å². The largest absolute Gasteiger partial charge is 0.310 e. The van der Waals surface area contributed by atoms with Gasteiger partial charge in [-0.1, -0.05) is 48.9 Å². The number of allylic oxidation sites excluding steroid dienone is 2. The molecule has 0 heterocycles. The van der Waals surface area contributed by atoms with E-state index in [9.17, 15) is 0 Å². The van der Waals surface area contributed by atoms with E-state index in [0.29, 0.717) is 6.04 Å². The van der Waals surface area contributed by atoms with E-state index in [1.807, 2.05) is 0 Å². The van der Waals surface area contributed by atoms with Crippen LogP contribution in [0.2, 0.25) is 0 Å². The fourth-order valence-electron chi connectivity index (χ4n) is 4.23. The predicted octanol–water partition coefficient (Wildman–Crippen LogP) is 4.55. The Balaban J connectivity index is 1.65. The Bertz CT molecular complexity index is 462. The first-order valence-electron chi connectivity index (χ1n) is 8.15. The van der Waals surface area contributed by atoms with Crippen LogP contribution in [-0.4, -0.2) is 6.04 Å². The fraction of sp³-hybridized carbons (Fsp3) is 0.579. The molecule has 1 aromatic rings. The van der Waals surface area contributed by atoms with Crippen LogP contribution in [-0.2, 0) is 6.54 Å². The van der Waals surface area contributed by atoms with Gasteiger partial charge in [-0.25, -0.2) is 0 Å². The van der Waals surface area contributed by atoms with Gasteiger partial charge in [0.15, 0.2) is 0 Å². The number of benzene rings is 1.